The van der Waals surface area contributed by atoms with E-state index in [1.165, 1.54) is 27.7 Å². The second kappa shape index (κ2) is 8.02. The summed E-state index contributed by atoms with van der Waals surface area (Å²) in [7, 11) is 0. The number of fused-ring (bicyclic) bond motifs is 3. The summed E-state index contributed by atoms with van der Waals surface area (Å²) in [5, 5.41) is 2.46. The third-order valence-electron chi connectivity index (χ3n) is 6.06. The molecule has 0 saturated carbocycles. The molecule has 2 aromatic carbocycles. The quantitative estimate of drug-likeness (QED) is 0.440. The zero-order valence-corrected chi connectivity index (χ0v) is 17.8. The molecule has 30 heavy (non-hydrogen) atoms. The fourth-order valence-corrected chi connectivity index (χ4v) is 4.76. The van der Waals surface area contributed by atoms with Gasteiger partial charge in [-0.2, -0.15) is 0 Å². The Morgan fingerprint density at radius 2 is 1.93 bits per heavy atom. The van der Waals surface area contributed by atoms with Crippen LogP contribution in [0.25, 0.3) is 21.9 Å². The lowest BCUT2D eigenvalue weighted by molar-refractivity contribution is 0.623. The molecule has 2 nitrogen and oxygen atoms in total. The van der Waals surface area contributed by atoms with Crippen LogP contribution in [0.15, 0.2) is 89.0 Å². The summed E-state index contributed by atoms with van der Waals surface area (Å²) in [6, 6.07) is 13.4. The average molecular weight is 396 g/mol. The molecule has 0 N–H and O–H groups in total. The van der Waals surface area contributed by atoms with E-state index >= 15 is 0 Å². The van der Waals surface area contributed by atoms with Gasteiger partial charge < -0.3 is 9.32 Å². The molecule has 5 rings (SSSR count). The van der Waals surface area contributed by atoms with E-state index in [0.29, 0.717) is 12.0 Å². The Kier molecular flexibility index (Phi) is 5.08. The molecule has 0 fully saturated rings. The van der Waals surface area contributed by atoms with Crippen LogP contribution >= 0.6 is 0 Å². The van der Waals surface area contributed by atoms with Gasteiger partial charge in [0, 0.05) is 11.1 Å². The van der Waals surface area contributed by atoms with Gasteiger partial charge in [-0.05, 0) is 55.4 Å². The van der Waals surface area contributed by atoms with Crippen molar-refractivity contribution in [1.82, 2.24) is 0 Å². The van der Waals surface area contributed by atoms with Crippen molar-refractivity contribution in [2.24, 2.45) is 5.92 Å². The smallest absolute Gasteiger partial charge is 0.140 e. The van der Waals surface area contributed by atoms with Crippen molar-refractivity contribution < 1.29 is 4.42 Å². The lowest BCUT2D eigenvalue weighted by Crippen LogP contribution is -2.34. The normalized spacial score (nSPS) is 18.5. The minimum atomic E-state index is 0.320. The molecule has 1 aromatic heterocycles. The van der Waals surface area contributed by atoms with Crippen molar-refractivity contribution in [1.29, 1.82) is 0 Å². The van der Waals surface area contributed by atoms with Gasteiger partial charge in [0.2, 0.25) is 0 Å². The first-order valence-electron chi connectivity index (χ1n) is 11.1. The first-order chi connectivity index (χ1) is 14.7. The van der Waals surface area contributed by atoms with Crippen LogP contribution in [-0.4, -0.2) is 6.04 Å². The number of nitrogens with zero attached hydrogens (tertiary/aromatic N) is 1. The summed E-state index contributed by atoms with van der Waals surface area (Å²) in [6.07, 6.45) is 19.9. The van der Waals surface area contributed by atoms with E-state index in [0.717, 1.165) is 36.8 Å². The highest BCUT2D eigenvalue weighted by Gasteiger charge is 2.26. The Morgan fingerprint density at radius 1 is 1.03 bits per heavy atom. The van der Waals surface area contributed by atoms with E-state index in [1.807, 2.05) is 0 Å². The molecule has 152 valence electrons. The number of hydrogen-bond acceptors (Lipinski definition) is 2. The molecular formula is C28H29NO. The zero-order valence-electron chi connectivity index (χ0n) is 17.8. The number of allylic oxidation sites excluding steroid dienone is 6. The minimum absolute atomic E-state index is 0.320. The summed E-state index contributed by atoms with van der Waals surface area (Å²) < 4.78 is 6.46. The molecule has 1 atom stereocenters. The zero-order chi connectivity index (χ0) is 20.5. The van der Waals surface area contributed by atoms with Crippen LogP contribution in [0.2, 0.25) is 0 Å². The van der Waals surface area contributed by atoms with Gasteiger partial charge in [-0.1, -0.05) is 74.6 Å². The fourth-order valence-electron chi connectivity index (χ4n) is 4.76. The SMILES string of the molecule is CC(C)Cc1ccc(N(C2=CC=CCC2)C2C=CC=CC2)c2c1oc1ccccc12. The molecule has 1 unspecified atom stereocenters. The van der Waals surface area contributed by atoms with Gasteiger partial charge in [0.1, 0.15) is 11.2 Å². The molecule has 0 bridgehead atoms. The lowest BCUT2D eigenvalue weighted by Gasteiger charge is -2.35. The Labute approximate surface area is 178 Å². The Bertz CT molecular complexity index is 1190. The van der Waals surface area contributed by atoms with Gasteiger partial charge in [-0.15, -0.1) is 0 Å². The monoisotopic (exact) mass is 395 g/mol. The Balaban J connectivity index is 1.76. The van der Waals surface area contributed by atoms with Crippen LogP contribution in [0.3, 0.4) is 0 Å². The van der Waals surface area contributed by atoms with Crippen LogP contribution < -0.4 is 4.90 Å². The third-order valence-corrected chi connectivity index (χ3v) is 6.06. The molecule has 0 saturated heterocycles. The highest BCUT2D eigenvalue weighted by molar-refractivity contribution is 6.13. The molecular weight excluding hydrogens is 366 g/mol. The number of benzene rings is 2. The second-order valence-electron chi connectivity index (χ2n) is 8.76. The number of anilines is 1. The van der Waals surface area contributed by atoms with Crippen molar-refractivity contribution in [3.05, 3.63) is 90.2 Å². The first kappa shape index (κ1) is 19.0. The maximum atomic E-state index is 6.46. The third kappa shape index (κ3) is 3.41. The van der Waals surface area contributed by atoms with Crippen LogP contribution in [-0.2, 0) is 6.42 Å². The highest BCUT2D eigenvalue weighted by atomic mass is 16.3. The minimum Gasteiger partial charge on any atom is -0.456 e. The van der Waals surface area contributed by atoms with Crippen molar-refractivity contribution >= 4 is 27.6 Å². The molecule has 1 heterocycles. The molecule has 0 aliphatic heterocycles. The van der Waals surface area contributed by atoms with Gasteiger partial charge in [-0.3, -0.25) is 0 Å². The molecule has 0 spiro atoms. The molecule has 2 heteroatoms. The molecule has 0 amide bonds. The predicted octanol–water partition coefficient (Wildman–Crippen LogP) is 7.71. The van der Waals surface area contributed by atoms with Crippen LogP contribution in [0, 0.1) is 5.92 Å². The summed E-state index contributed by atoms with van der Waals surface area (Å²) >= 11 is 0. The van der Waals surface area contributed by atoms with Gasteiger partial charge >= 0.3 is 0 Å². The van der Waals surface area contributed by atoms with Crippen molar-refractivity contribution in [2.45, 2.75) is 45.6 Å². The van der Waals surface area contributed by atoms with Gasteiger partial charge in [0.05, 0.1) is 17.1 Å². The summed E-state index contributed by atoms with van der Waals surface area (Å²) in [5.41, 5.74) is 5.97. The highest BCUT2D eigenvalue weighted by Crippen LogP contribution is 2.42. The second-order valence-corrected chi connectivity index (χ2v) is 8.76. The van der Waals surface area contributed by atoms with E-state index in [-0.39, 0.29) is 0 Å². The number of furan rings is 1. The first-order valence-corrected chi connectivity index (χ1v) is 11.1. The summed E-state index contributed by atoms with van der Waals surface area (Å²) in [5.74, 6) is 0.584. The standard InChI is InChI=1S/C28H29NO/c1-20(2)19-21-17-18-25(27-24-15-9-10-16-26(24)30-28(21)27)29(22-11-5-3-6-12-22)23-13-7-4-8-14-23/h3-7,9-11,13,15-18,20,22H,8,12,14,19H2,1-2H3. The van der Waals surface area contributed by atoms with E-state index in [1.54, 1.807) is 0 Å². The molecule has 3 aromatic rings. The fraction of sp³-hybridized carbons (Fsp3) is 0.286. The van der Waals surface area contributed by atoms with Crippen LogP contribution in [0.5, 0.6) is 0 Å². The molecule has 0 radical (unpaired) electrons. The summed E-state index contributed by atoms with van der Waals surface area (Å²) in [4.78, 5) is 2.55. The van der Waals surface area contributed by atoms with Crippen molar-refractivity contribution in [3.8, 4) is 0 Å². The van der Waals surface area contributed by atoms with E-state index < -0.39 is 0 Å². The average Bonchev–Trinajstić information content (AvgIpc) is 3.17. The number of para-hydroxylation sites is 1. The van der Waals surface area contributed by atoms with Crippen LogP contribution in [0.4, 0.5) is 5.69 Å². The lowest BCUT2D eigenvalue weighted by atomic mass is 9.96. The van der Waals surface area contributed by atoms with Gasteiger partial charge in [-0.25, -0.2) is 0 Å². The van der Waals surface area contributed by atoms with E-state index in [2.05, 4.69) is 97.7 Å². The van der Waals surface area contributed by atoms with Crippen LogP contribution in [0.1, 0.15) is 38.7 Å². The maximum absolute atomic E-state index is 6.46. The Hall–Kier alpha value is -3.00. The Morgan fingerprint density at radius 3 is 2.70 bits per heavy atom. The van der Waals surface area contributed by atoms with Crippen molar-refractivity contribution in [3.63, 3.8) is 0 Å². The molecule has 2 aliphatic rings. The van der Waals surface area contributed by atoms with Gasteiger partial charge in [0.15, 0.2) is 0 Å². The van der Waals surface area contributed by atoms with E-state index in [4.69, 9.17) is 4.42 Å². The largest absolute Gasteiger partial charge is 0.456 e. The van der Waals surface area contributed by atoms with Gasteiger partial charge in [0.25, 0.3) is 0 Å². The predicted molar refractivity (Wildman–Crippen MR) is 128 cm³/mol. The number of rotatable bonds is 5. The summed E-state index contributed by atoms with van der Waals surface area (Å²) in [6.45, 7) is 4.54. The molecule has 2 aliphatic carbocycles. The van der Waals surface area contributed by atoms with E-state index in [9.17, 15) is 0 Å². The maximum Gasteiger partial charge on any atom is 0.140 e. The number of hydrogen-bond donors (Lipinski definition) is 0. The topological polar surface area (TPSA) is 16.4 Å². The van der Waals surface area contributed by atoms with Crippen molar-refractivity contribution in [2.75, 3.05) is 4.90 Å².